The summed E-state index contributed by atoms with van der Waals surface area (Å²) in [4.78, 5) is 11.7. The van der Waals surface area contributed by atoms with Crippen LogP contribution in [-0.4, -0.2) is 22.1 Å². The molecule has 0 unspecified atom stereocenters. The molecular formula is C9H14ClN3O. The molecule has 0 aromatic carbocycles. The number of carbonyl (C=O) groups is 1. The predicted octanol–water partition coefficient (Wildman–Crippen LogP) is 1.48. The number of ketones is 1. The summed E-state index contributed by atoms with van der Waals surface area (Å²) in [5, 5.41) is 4.42. The minimum atomic E-state index is 0.0137. The van der Waals surface area contributed by atoms with Crippen molar-refractivity contribution < 1.29 is 4.79 Å². The third-order valence-corrected chi connectivity index (χ3v) is 2.24. The maximum atomic E-state index is 11.7. The molecule has 0 radical (unpaired) electrons. The van der Waals surface area contributed by atoms with Crippen LogP contribution in [0.15, 0.2) is 6.20 Å². The molecule has 0 aliphatic heterocycles. The van der Waals surface area contributed by atoms with Crippen LogP contribution in [0.25, 0.3) is 0 Å². The van der Waals surface area contributed by atoms with E-state index < -0.39 is 0 Å². The zero-order chi connectivity index (χ0) is 10.6. The molecule has 1 rings (SSSR count). The van der Waals surface area contributed by atoms with Gasteiger partial charge in [0.1, 0.15) is 5.69 Å². The van der Waals surface area contributed by atoms with E-state index in [4.69, 9.17) is 17.3 Å². The number of aromatic nitrogens is 2. The van der Waals surface area contributed by atoms with E-state index in [1.807, 2.05) is 6.92 Å². The van der Waals surface area contributed by atoms with Gasteiger partial charge in [-0.25, -0.2) is 0 Å². The number of nitrogens with zero attached hydrogens (tertiary/aromatic N) is 2. The molecule has 5 heteroatoms. The molecule has 0 atom stereocenters. The lowest BCUT2D eigenvalue weighted by Crippen LogP contribution is -2.11. The van der Waals surface area contributed by atoms with Crippen LogP contribution in [0.3, 0.4) is 0 Å². The van der Waals surface area contributed by atoms with Crippen molar-refractivity contribution in [1.29, 1.82) is 0 Å². The number of nitrogens with two attached hydrogens (primary N) is 1. The highest BCUT2D eigenvalue weighted by atomic mass is 35.5. The molecule has 1 aromatic rings. The second-order valence-corrected chi connectivity index (χ2v) is 3.38. The van der Waals surface area contributed by atoms with E-state index in [1.54, 1.807) is 4.68 Å². The Morgan fingerprint density at radius 2 is 2.43 bits per heavy atom. The van der Waals surface area contributed by atoms with Crippen molar-refractivity contribution in [3.63, 3.8) is 0 Å². The zero-order valence-electron chi connectivity index (χ0n) is 8.16. The number of hydrogen-bond donors (Lipinski definition) is 1. The Morgan fingerprint density at radius 1 is 1.71 bits per heavy atom. The lowest BCUT2D eigenvalue weighted by atomic mass is 10.1. The number of aryl methyl sites for hydroxylation is 1. The quantitative estimate of drug-likeness (QED) is 0.757. The van der Waals surface area contributed by atoms with Gasteiger partial charge in [0.05, 0.1) is 11.2 Å². The molecule has 0 fully saturated rings. The highest BCUT2D eigenvalue weighted by molar-refractivity contribution is 6.33. The fourth-order valence-corrected chi connectivity index (χ4v) is 1.51. The molecule has 2 N–H and O–H groups in total. The van der Waals surface area contributed by atoms with Gasteiger partial charge in [-0.2, -0.15) is 5.10 Å². The van der Waals surface area contributed by atoms with Gasteiger partial charge in [-0.1, -0.05) is 11.6 Å². The van der Waals surface area contributed by atoms with Crippen molar-refractivity contribution >= 4 is 17.4 Å². The van der Waals surface area contributed by atoms with Crippen molar-refractivity contribution in [3.8, 4) is 0 Å². The van der Waals surface area contributed by atoms with Gasteiger partial charge in [-0.05, 0) is 19.9 Å². The topological polar surface area (TPSA) is 60.9 Å². The molecular weight excluding hydrogens is 202 g/mol. The molecule has 0 saturated heterocycles. The molecule has 0 aliphatic rings. The van der Waals surface area contributed by atoms with E-state index >= 15 is 0 Å². The highest BCUT2D eigenvalue weighted by Crippen LogP contribution is 2.17. The predicted molar refractivity (Wildman–Crippen MR) is 55.5 cm³/mol. The number of carbonyl (C=O) groups excluding carboxylic acids is 1. The molecule has 14 heavy (non-hydrogen) atoms. The number of hydrogen-bond acceptors (Lipinski definition) is 3. The molecule has 0 spiro atoms. The lowest BCUT2D eigenvalue weighted by Gasteiger charge is -2.03. The molecule has 1 heterocycles. The van der Waals surface area contributed by atoms with E-state index in [1.165, 1.54) is 6.20 Å². The molecule has 1 aromatic heterocycles. The Hall–Kier alpha value is -0.870. The summed E-state index contributed by atoms with van der Waals surface area (Å²) in [6.45, 7) is 3.09. The van der Waals surface area contributed by atoms with Gasteiger partial charge in [0.15, 0.2) is 5.78 Å². The standard InChI is InChI=1S/C9H14ClN3O/c1-2-13-9(7(10)6-12-13)8(14)4-3-5-11/h6H,2-5,11H2,1H3. The van der Waals surface area contributed by atoms with E-state index in [0.29, 0.717) is 36.6 Å². The summed E-state index contributed by atoms with van der Waals surface area (Å²) in [5.41, 5.74) is 5.83. The largest absolute Gasteiger partial charge is 0.330 e. The Labute approximate surface area is 88.0 Å². The van der Waals surface area contributed by atoms with Gasteiger partial charge < -0.3 is 5.73 Å². The molecule has 78 valence electrons. The fraction of sp³-hybridized carbons (Fsp3) is 0.556. The molecule has 4 nitrogen and oxygen atoms in total. The minimum Gasteiger partial charge on any atom is -0.330 e. The summed E-state index contributed by atoms with van der Waals surface area (Å²) < 4.78 is 1.61. The summed E-state index contributed by atoms with van der Waals surface area (Å²) >= 11 is 5.86. The van der Waals surface area contributed by atoms with Crippen LogP contribution in [0.1, 0.15) is 30.3 Å². The van der Waals surface area contributed by atoms with E-state index in [-0.39, 0.29) is 5.78 Å². The van der Waals surface area contributed by atoms with Crippen molar-refractivity contribution in [1.82, 2.24) is 9.78 Å². The normalized spacial score (nSPS) is 10.5. The Bertz CT molecular complexity index is 322. The lowest BCUT2D eigenvalue weighted by molar-refractivity contribution is 0.0970. The van der Waals surface area contributed by atoms with Gasteiger partial charge in [0, 0.05) is 13.0 Å². The van der Waals surface area contributed by atoms with Gasteiger partial charge in [-0.15, -0.1) is 0 Å². The number of Topliss-reactive ketones (excluding diaryl/α,β-unsaturated/α-hetero) is 1. The van der Waals surface area contributed by atoms with Crippen molar-refractivity contribution in [2.24, 2.45) is 5.73 Å². The van der Waals surface area contributed by atoms with Crippen LogP contribution in [0.2, 0.25) is 5.02 Å². The van der Waals surface area contributed by atoms with Gasteiger partial charge in [0.25, 0.3) is 0 Å². The van der Waals surface area contributed by atoms with Crippen molar-refractivity contribution in [2.45, 2.75) is 26.3 Å². The third-order valence-electron chi connectivity index (χ3n) is 1.97. The smallest absolute Gasteiger partial charge is 0.182 e. The first-order valence-corrected chi connectivity index (χ1v) is 5.03. The molecule has 0 aliphatic carbocycles. The van der Waals surface area contributed by atoms with Crippen LogP contribution in [0, 0.1) is 0 Å². The molecule has 0 amide bonds. The van der Waals surface area contributed by atoms with E-state index in [2.05, 4.69) is 5.10 Å². The minimum absolute atomic E-state index is 0.0137. The van der Waals surface area contributed by atoms with Gasteiger partial charge >= 0.3 is 0 Å². The van der Waals surface area contributed by atoms with Gasteiger partial charge in [0.2, 0.25) is 0 Å². The average Bonchev–Trinajstić information content (AvgIpc) is 2.56. The maximum absolute atomic E-state index is 11.7. The van der Waals surface area contributed by atoms with Crippen LogP contribution in [0.5, 0.6) is 0 Å². The van der Waals surface area contributed by atoms with Crippen LogP contribution in [-0.2, 0) is 6.54 Å². The first kappa shape index (κ1) is 11.2. The highest BCUT2D eigenvalue weighted by Gasteiger charge is 2.15. The van der Waals surface area contributed by atoms with Crippen molar-refractivity contribution in [3.05, 3.63) is 16.9 Å². The molecule has 0 saturated carbocycles. The Morgan fingerprint density at radius 3 is 3.00 bits per heavy atom. The van der Waals surface area contributed by atoms with Crippen LogP contribution < -0.4 is 5.73 Å². The molecule has 0 bridgehead atoms. The monoisotopic (exact) mass is 215 g/mol. The Kier molecular flexibility index (Phi) is 4.10. The SMILES string of the molecule is CCn1ncc(Cl)c1C(=O)CCCN. The second kappa shape index (κ2) is 5.12. The second-order valence-electron chi connectivity index (χ2n) is 2.97. The third kappa shape index (κ3) is 2.33. The number of halogens is 1. The van der Waals surface area contributed by atoms with E-state index in [0.717, 1.165) is 0 Å². The maximum Gasteiger partial charge on any atom is 0.182 e. The zero-order valence-corrected chi connectivity index (χ0v) is 8.92. The summed E-state index contributed by atoms with van der Waals surface area (Å²) in [6.07, 6.45) is 2.62. The fourth-order valence-electron chi connectivity index (χ4n) is 1.26. The Balaban J connectivity index is 2.82. The summed E-state index contributed by atoms with van der Waals surface area (Å²) in [7, 11) is 0. The first-order chi connectivity index (χ1) is 6.70. The average molecular weight is 216 g/mol. The van der Waals surface area contributed by atoms with E-state index in [9.17, 15) is 4.79 Å². The van der Waals surface area contributed by atoms with Crippen LogP contribution >= 0.6 is 11.6 Å². The first-order valence-electron chi connectivity index (χ1n) is 4.65. The summed E-state index contributed by atoms with van der Waals surface area (Å²) in [6, 6.07) is 0. The van der Waals surface area contributed by atoms with Crippen molar-refractivity contribution in [2.75, 3.05) is 6.54 Å². The summed E-state index contributed by atoms with van der Waals surface area (Å²) in [5.74, 6) is 0.0137. The number of rotatable bonds is 5. The van der Waals surface area contributed by atoms with Crippen LogP contribution in [0.4, 0.5) is 0 Å². The van der Waals surface area contributed by atoms with Gasteiger partial charge in [-0.3, -0.25) is 9.48 Å².